The van der Waals surface area contributed by atoms with Crippen molar-refractivity contribution in [3.8, 4) is 11.8 Å². The van der Waals surface area contributed by atoms with Crippen molar-refractivity contribution in [2.24, 2.45) is 0 Å². The van der Waals surface area contributed by atoms with E-state index < -0.39 is 27.9 Å². The molecule has 1 N–H and O–H groups in total. The van der Waals surface area contributed by atoms with E-state index in [2.05, 4.69) is 0 Å². The summed E-state index contributed by atoms with van der Waals surface area (Å²) in [5.74, 6) is -1.97. The monoisotopic (exact) mass is 522 g/mol. The number of hydrogen-bond acceptors (Lipinski definition) is 5. The molecule has 0 radical (unpaired) electrons. The minimum atomic E-state index is -3.84. The van der Waals surface area contributed by atoms with Gasteiger partial charge in [0.2, 0.25) is 16.1 Å². The fraction of sp³-hybridized carbons (Fsp3) is 0.130. The normalized spacial score (nSPS) is 12.2. The molecule has 0 aliphatic heterocycles. The molecule has 0 spiro atoms. The van der Waals surface area contributed by atoms with Crippen molar-refractivity contribution in [3.63, 3.8) is 0 Å². The van der Waals surface area contributed by atoms with E-state index in [1.165, 1.54) is 43.4 Å². The molecule has 0 amide bonds. The summed E-state index contributed by atoms with van der Waals surface area (Å²) in [5.41, 5.74) is 0.537. The lowest BCUT2D eigenvalue weighted by molar-refractivity contribution is -0.145. The number of nitrogens with zero attached hydrogens (tertiary/aromatic N) is 2. The summed E-state index contributed by atoms with van der Waals surface area (Å²) < 4.78 is 46.0. The van der Waals surface area contributed by atoms with Gasteiger partial charge in [-0.2, -0.15) is 9.57 Å². The molecule has 3 rings (SSSR count). The molecule has 1 unspecified atom stereocenters. The Labute approximate surface area is 205 Å². The number of carboxylic acid groups (broad SMARTS) is 1. The van der Waals surface area contributed by atoms with Crippen molar-refractivity contribution in [1.29, 1.82) is 5.26 Å². The molecule has 3 aromatic carbocycles. The van der Waals surface area contributed by atoms with Crippen LogP contribution in [0.5, 0.6) is 5.75 Å². The van der Waals surface area contributed by atoms with Crippen molar-refractivity contribution in [3.05, 3.63) is 93.2 Å². The van der Waals surface area contributed by atoms with Crippen molar-refractivity contribution in [2.45, 2.75) is 17.5 Å². The minimum absolute atomic E-state index is 0.0134. The number of carboxylic acids is 1. The fourth-order valence-corrected chi connectivity index (χ4v) is 4.61. The number of carbonyl (C=O) groups is 1. The second kappa shape index (κ2) is 10.4. The Morgan fingerprint density at radius 3 is 2.38 bits per heavy atom. The first-order chi connectivity index (χ1) is 16.0. The van der Waals surface area contributed by atoms with Crippen molar-refractivity contribution >= 4 is 39.2 Å². The molecule has 0 aromatic heterocycles. The molecule has 34 heavy (non-hydrogen) atoms. The number of aliphatic carboxylic acids is 1. The van der Waals surface area contributed by atoms with Gasteiger partial charge < -0.3 is 9.84 Å². The first kappa shape index (κ1) is 25.5. The molecular weight excluding hydrogens is 506 g/mol. The number of hydrogen-bond donors (Lipinski definition) is 1. The lowest BCUT2D eigenvalue weighted by Crippen LogP contribution is -2.26. The van der Waals surface area contributed by atoms with E-state index in [-0.39, 0.29) is 38.4 Å². The fourth-order valence-electron chi connectivity index (χ4n) is 3.06. The smallest absolute Gasteiger partial charge is 0.349 e. The number of nitriles is 1. The molecule has 0 saturated heterocycles. The molecule has 7 nitrogen and oxygen atoms in total. The van der Waals surface area contributed by atoms with Crippen LogP contribution in [-0.2, 0) is 21.4 Å². The van der Waals surface area contributed by atoms with E-state index >= 15 is 0 Å². The van der Waals surface area contributed by atoms with Gasteiger partial charge in [0, 0.05) is 19.2 Å². The maximum Gasteiger partial charge on any atom is 0.349 e. The molecule has 176 valence electrons. The van der Waals surface area contributed by atoms with E-state index in [4.69, 9.17) is 33.2 Å². The lowest BCUT2D eigenvalue weighted by atomic mass is 10.1. The van der Waals surface area contributed by atoms with Crippen LogP contribution in [0, 0.1) is 17.1 Å². The molecule has 0 bridgehead atoms. The zero-order valence-electron chi connectivity index (χ0n) is 17.6. The van der Waals surface area contributed by atoms with Crippen molar-refractivity contribution < 1.29 is 27.4 Å². The van der Waals surface area contributed by atoms with E-state index in [9.17, 15) is 22.7 Å². The van der Waals surface area contributed by atoms with Gasteiger partial charge in [0.1, 0.15) is 11.6 Å². The Balaban J connectivity index is 1.76. The number of rotatable bonds is 8. The van der Waals surface area contributed by atoms with Gasteiger partial charge in [0.15, 0.2) is 0 Å². The highest BCUT2D eigenvalue weighted by Gasteiger charge is 2.24. The van der Waals surface area contributed by atoms with Crippen LogP contribution in [0.4, 0.5) is 4.39 Å². The van der Waals surface area contributed by atoms with Crippen molar-refractivity contribution in [1.82, 2.24) is 4.31 Å². The third kappa shape index (κ3) is 5.85. The van der Waals surface area contributed by atoms with Crippen LogP contribution >= 0.6 is 23.2 Å². The van der Waals surface area contributed by atoms with E-state index in [0.29, 0.717) is 5.56 Å². The molecule has 0 saturated carbocycles. The molecule has 0 aliphatic rings. The van der Waals surface area contributed by atoms with Gasteiger partial charge in [-0.3, -0.25) is 0 Å². The SMILES string of the molecule is CN(Cc1ccc(OC(C(=O)O)c2cc(F)cc(C#N)c2)cc1)S(=O)(=O)c1ccc(Cl)c(Cl)c1. The Morgan fingerprint density at radius 2 is 1.79 bits per heavy atom. The van der Waals surface area contributed by atoms with Crippen molar-refractivity contribution in [2.75, 3.05) is 7.05 Å². The molecule has 0 fully saturated rings. The summed E-state index contributed by atoms with van der Waals surface area (Å²) in [6.07, 6.45) is -1.55. The Kier molecular flexibility index (Phi) is 7.79. The Hall–Kier alpha value is -3.16. The second-order valence-electron chi connectivity index (χ2n) is 7.20. The average molecular weight is 523 g/mol. The van der Waals surface area contributed by atoms with Gasteiger partial charge in [-0.05, 0) is 54.1 Å². The third-order valence-electron chi connectivity index (χ3n) is 4.76. The van der Waals surface area contributed by atoms with Gasteiger partial charge >= 0.3 is 5.97 Å². The first-order valence-electron chi connectivity index (χ1n) is 9.61. The Bertz CT molecular complexity index is 1380. The molecule has 11 heteroatoms. The first-order valence-corrected chi connectivity index (χ1v) is 11.8. The lowest BCUT2D eigenvalue weighted by Gasteiger charge is -2.19. The summed E-state index contributed by atoms with van der Waals surface area (Å²) in [7, 11) is -2.44. The molecular formula is C23H17Cl2FN2O5S. The zero-order valence-corrected chi connectivity index (χ0v) is 19.9. The van der Waals surface area contributed by atoms with E-state index in [0.717, 1.165) is 16.4 Å². The van der Waals surface area contributed by atoms with Crippen LogP contribution in [0.1, 0.15) is 22.8 Å². The standard InChI is InChI=1S/C23H17Cl2FN2O5S/c1-28(34(31,32)19-6-7-20(24)21(25)11-19)13-14-2-4-18(5-3-14)33-22(23(29)30)16-8-15(12-27)9-17(26)10-16/h2-11,22H,13H2,1H3,(H,29,30). The molecule has 3 aromatic rings. The van der Waals surface area contributed by atoms with Crippen LogP contribution in [0.3, 0.4) is 0 Å². The maximum absolute atomic E-state index is 13.7. The van der Waals surface area contributed by atoms with Crippen LogP contribution in [0.15, 0.2) is 65.6 Å². The number of halogens is 3. The zero-order chi connectivity index (χ0) is 25.0. The maximum atomic E-state index is 13.7. The molecule has 1 atom stereocenters. The number of benzene rings is 3. The predicted molar refractivity (Wildman–Crippen MR) is 124 cm³/mol. The van der Waals surface area contributed by atoms with E-state index in [1.54, 1.807) is 18.2 Å². The highest BCUT2D eigenvalue weighted by molar-refractivity contribution is 7.89. The van der Waals surface area contributed by atoms with Crippen LogP contribution in [0.25, 0.3) is 0 Å². The Morgan fingerprint density at radius 1 is 1.12 bits per heavy atom. The summed E-state index contributed by atoms with van der Waals surface area (Å²) in [6.45, 7) is 0.0145. The predicted octanol–water partition coefficient (Wildman–Crippen LogP) is 5.03. The van der Waals surface area contributed by atoms with Gasteiger partial charge in [-0.25, -0.2) is 17.6 Å². The summed E-state index contributed by atoms with van der Waals surface area (Å²) in [6, 6.07) is 15.1. The number of sulfonamides is 1. The highest BCUT2D eigenvalue weighted by Crippen LogP contribution is 2.28. The van der Waals surface area contributed by atoms with Gasteiger partial charge in [-0.1, -0.05) is 35.3 Å². The highest BCUT2D eigenvalue weighted by atomic mass is 35.5. The number of ether oxygens (including phenoxy) is 1. The van der Waals surface area contributed by atoms with Crippen LogP contribution < -0.4 is 4.74 Å². The third-order valence-corrected chi connectivity index (χ3v) is 7.30. The van der Waals surface area contributed by atoms with Crippen LogP contribution in [-0.4, -0.2) is 30.8 Å². The molecule has 0 heterocycles. The van der Waals surface area contributed by atoms with Gasteiger partial charge in [0.05, 0.1) is 26.6 Å². The van der Waals surface area contributed by atoms with Gasteiger partial charge in [0.25, 0.3) is 0 Å². The largest absolute Gasteiger partial charge is 0.478 e. The average Bonchev–Trinajstić information content (AvgIpc) is 2.79. The summed E-state index contributed by atoms with van der Waals surface area (Å²) >= 11 is 11.8. The summed E-state index contributed by atoms with van der Waals surface area (Å²) in [5, 5.41) is 18.9. The molecule has 0 aliphatic carbocycles. The van der Waals surface area contributed by atoms with E-state index in [1.807, 2.05) is 0 Å². The summed E-state index contributed by atoms with van der Waals surface area (Å²) in [4.78, 5) is 11.7. The quantitative estimate of drug-likeness (QED) is 0.444. The van der Waals surface area contributed by atoms with Crippen LogP contribution in [0.2, 0.25) is 10.0 Å². The second-order valence-corrected chi connectivity index (χ2v) is 10.1. The van der Waals surface area contributed by atoms with Gasteiger partial charge in [-0.15, -0.1) is 0 Å². The topological polar surface area (TPSA) is 108 Å². The minimum Gasteiger partial charge on any atom is -0.478 e.